The molecule has 0 fully saturated rings. The summed E-state index contributed by atoms with van der Waals surface area (Å²) in [5.74, 6) is -0.605. The van der Waals surface area contributed by atoms with Gasteiger partial charge >= 0.3 is 17.9 Å². The zero-order valence-corrected chi connectivity index (χ0v) is 37.3. The lowest BCUT2D eigenvalue weighted by Crippen LogP contribution is -2.11. The molecule has 0 aliphatic carbocycles. The highest BCUT2D eigenvalue weighted by Gasteiger charge is 2.17. The molecule has 2 rings (SSSR count). The van der Waals surface area contributed by atoms with Crippen LogP contribution in [0.2, 0.25) is 0 Å². The van der Waals surface area contributed by atoms with Gasteiger partial charge in [-0.1, -0.05) is 187 Å². The van der Waals surface area contributed by atoms with Crippen molar-refractivity contribution in [2.24, 2.45) is 0 Å². The molecule has 1 atom stereocenters. The number of carbonyl (C=O) groups is 3. The summed E-state index contributed by atoms with van der Waals surface area (Å²) in [5, 5.41) is 21.4. The van der Waals surface area contributed by atoms with Crippen LogP contribution in [0.1, 0.15) is 231 Å². The van der Waals surface area contributed by atoms with Crippen LogP contribution in [0, 0.1) is 0 Å². The number of unbranched alkanes of at least 4 members (excludes halogenated alkanes) is 24. The maximum atomic E-state index is 13.0. The van der Waals surface area contributed by atoms with Gasteiger partial charge in [-0.25, -0.2) is 0 Å². The van der Waals surface area contributed by atoms with Crippen molar-refractivity contribution >= 4 is 24.0 Å². The third-order valence-electron chi connectivity index (χ3n) is 10.9. The van der Waals surface area contributed by atoms with Crippen LogP contribution < -0.4 is 14.2 Å². The fourth-order valence-corrected chi connectivity index (χ4v) is 7.23. The molecule has 0 spiro atoms. The first-order chi connectivity index (χ1) is 28.8. The largest absolute Gasteiger partial charge is 0.508 e. The van der Waals surface area contributed by atoms with Crippen molar-refractivity contribution in [2.75, 3.05) is 0 Å². The van der Waals surface area contributed by atoms with E-state index in [1.165, 1.54) is 140 Å². The molecule has 8 nitrogen and oxygen atoms in total. The van der Waals surface area contributed by atoms with E-state index in [1.807, 2.05) is 0 Å². The van der Waals surface area contributed by atoms with Gasteiger partial charge < -0.3 is 24.4 Å². The average molecular weight is 821 g/mol. The Hall–Kier alpha value is -3.65. The molecule has 0 bridgehead atoms. The predicted molar refractivity (Wildman–Crippen MR) is 241 cm³/mol. The summed E-state index contributed by atoms with van der Waals surface area (Å²) in [7, 11) is 0. The third kappa shape index (κ3) is 25.6. The van der Waals surface area contributed by atoms with Gasteiger partial charge in [0.15, 0.2) is 0 Å². The molecule has 1 unspecified atom stereocenters. The highest BCUT2D eigenvalue weighted by atomic mass is 16.5. The lowest BCUT2D eigenvalue weighted by molar-refractivity contribution is -0.135. The summed E-state index contributed by atoms with van der Waals surface area (Å²) < 4.78 is 17.2. The normalized spacial score (nSPS) is 11.9. The summed E-state index contributed by atoms with van der Waals surface area (Å²) in [5.41, 5.74) is 0.816. The lowest BCUT2D eigenvalue weighted by Gasteiger charge is -2.14. The summed E-state index contributed by atoms with van der Waals surface area (Å²) in [6.07, 6.45) is 33.6. The predicted octanol–water partition coefficient (Wildman–Crippen LogP) is 14.6. The summed E-state index contributed by atoms with van der Waals surface area (Å²) in [6, 6.07) is 9.18. The van der Waals surface area contributed by atoms with Gasteiger partial charge in [0.25, 0.3) is 0 Å². The minimum Gasteiger partial charge on any atom is -0.508 e. The van der Waals surface area contributed by atoms with Crippen LogP contribution in [0.15, 0.2) is 42.5 Å². The van der Waals surface area contributed by atoms with Crippen LogP contribution in [0.5, 0.6) is 23.0 Å². The summed E-state index contributed by atoms with van der Waals surface area (Å²) >= 11 is 0. The highest BCUT2D eigenvalue weighted by molar-refractivity contribution is 5.76. The van der Waals surface area contributed by atoms with Crippen LogP contribution in [-0.2, 0) is 14.4 Å². The second-order valence-corrected chi connectivity index (χ2v) is 16.4. The molecule has 0 radical (unpaired) electrons. The molecule has 0 aliphatic heterocycles. The van der Waals surface area contributed by atoms with Crippen molar-refractivity contribution in [1.29, 1.82) is 0 Å². The second kappa shape index (κ2) is 34.1. The van der Waals surface area contributed by atoms with Crippen molar-refractivity contribution in [3.05, 3.63) is 53.6 Å². The molecular formula is C51H80O8. The van der Waals surface area contributed by atoms with Crippen LogP contribution in [0.3, 0.4) is 0 Å². The van der Waals surface area contributed by atoms with Gasteiger partial charge in [-0.2, -0.15) is 0 Å². The van der Waals surface area contributed by atoms with E-state index in [4.69, 9.17) is 14.2 Å². The molecule has 0 saturated heterocycles. The molecule has 0 amide bonds. The van der Waals surface area contributed by atoms with Crippen molar-refractivity contribution in [2.45, 2.75) is 219 Å². The molecule has 2 aromatic rings. The number of benzene rings is 2. The molecule has 0 aliphatic rings. The average Bonchev–Trinajstić information content (AvgIpc) is 3.21. The van der Waals surface area contributed by atoms with Gasteiger partial charge in [-0.3, -0.25) is 14.4 Å². The third-order valence-corrected chi connectivity index (χ3v) is 10.9. The fourth-order valence-electron chi connectivity index (χ4n) is 7.23. The van der Waals surface area contributed by atoms with Gasteiger partial charge in [0.1, 0.15) is 29.1 Å². The monoisotopic (exact) mass is 821 g/mol. The minimum atomic E-state index is -1.20. The van der Waals surface area contributed by atoms with Crippen LogP contribution >= 0.6 is 0 Å². The zero-order valence-electron chi connectivity index (χ0n) is 37.3. The smallest absolute Gasteiger partial charge is 0.311 e. The fraction of sp³-hybridized carbons (Fsp3) is 0.667. The van der Waals surface area contributed by atoms with E-state index in [1.54, 1.807) is 24.3 Å². The van der Waals surface area contributed by atoms with E-state index in [0.717, 1.165) is 57.8 Å². The lowest BCUT2D eigenvalue weighted by atomic mass is 10.1. The number of carbonyl (C=O) groups excluding carboxylic acids is 3. The number of rotatable bonds is 36. The van der Waals surface area contributed by atoms with E-state index in [9.17, 15) is 24.6 Å². The van der Waals surface area contributed by atoms with Gasteiger partial charge in [0, 0.05) is 42.5 Å². The van der Waals surface area contributed by atoms with Crippen molar-refractivity contribution in [3.63, 3.8) is 0 Å². The van der Waals surface area contributed by atoms with Gasteiger partial charge in [-0.15, -0.1) is 0 Å². The van der Waals surface area contributed by atoms with Gasteiger partial charge in [0.05, 0.1) is 0 Å². The maximum absolute atomic E-state index is 13.0. The first-order valence-corrected chi connectivity index (χ1v) is 23.7. The quantitative estimate of drug-likeness (QED) is 0.0396. The Kier molecular flexibility index (Phi) is 29.8. The Morgan fingerprint density at radius 2 is 0.881 bits per heavy atom. The Labute approximate surface area is 357 Å². The second-order valence-electron chi connectivity index (χ2n) is 16.4. The van der Waals surface area contributed by atoms with Crippen molar-refractivity contribution in [3.8, 4) is 23.0 Å². The molecule has 0 heterocycles. The Morgan fingerprint density at radius 1 is 0.492 bits per heavy atom. The van der Waals surface area contributed by atoms with E-state index < -0.39 is 12.1 Å². The van der Waals surface area contributed by atoms with Gasteiger partial charge in [-0.05, 0) is 43.5 Å². The molecule has 2 N–H and O–H groups in total. The molecule has 59 heavy (non-hydrogen) atoms. The summed E-state index contributed by atoms with van der Waals surface area (Å²) in [6.45, 7) is 6.66. The van der Waals surface area contributed by atoms with E-state index in [-0.39, 0.29) is 47.8 Å². The molecule has 8 heteroatoms. The number of esters is 3. The molecule has 0 aromatic heterocycles. The highest BCUT2D eigenvalue weighted by Crippen LogP contribution is 2.33. The standard InChI is InChI=1S/C51H80O8/c1-4-7-10-13-16-19-22-25-28-31-49(54)57-44-37-34-42(47(41-44)58-50(55)32-29-26-23-20-17-14-11-8-5-2)35-39-46(53)45-38-36-43(52)40-48(45)59-51(56)33-30-27-24-21-18-15-12-9-6-3/h34-41,46,52-53H,4-33H2,1-3H3. The molecular weight excluding hydrogens is 741 g/mol. The van der Waals surface area contributed by atoms with E-state index in [2.05, 4.69) is 20.8 Å². The van der Waals surface area contributed by atoms with Crippen molar-refractivity contribution in [1.82, 2.24) is 0 Å². The van der Waals surface area contributed by atoms with Crippen LogP contribution in [-0.4, -0.2) is 28.1 Å². The number of aliphatic hydroxyl groups excluding tert-OH is 1. The topological polar surface area (TPSA) is 119 Å². The first-order valence-electron chi connectivity index (χ1n) is 23.7. The minimum absolute atomic E-state index is 0.0834. The number of aromatic hydroxyl groups is 1. The Bertz CT molecular complexity index is 1450. The van der Waals surface area contributed by atoms with E-state index >= 15 is 0 Å². The first kappa shape index (κ1) is 51.5. The number of aliphatic hydroxyl groups is 1. The number of phenolic OH excluding ortho intramolecular Hbond substituents is 1. The Balaban J connectivity index is 2.04. The Morgan fingerprint density at radius 3 is 1.32 bits per heavy atom. The van der Waals surface area contributed by atoms with E-state index in [0.29, 0.717) is 17.5 Å². The SMILES string of the molecule is CCCCCCCCCCCC(=O)Oc1ccc(C=CC(O)c2ccc(O)cc2OC(=O)CCCCCCCCCCC)c(OC(=O)CCCCCCCCCCC)c1. The van der Waals surface area contributed by atoms with Crippen LogP contribution in [0.4, 0.5) is 0 Å². The zero-order chi connectivity index (χ0) is 42.8. The molecule has 2 aromatic carbocycles. The number of hydrogen-bond acceptors (Lipinski definition) is 8. The van der Waals surface area contributed by atoms with Crippen molar-refractivity contribution < 1.29 is 38.8 Å². The summed E-state index contributed by atoms with van der Waals surface area (Å²) in [4.78, 5) is 38.6. The maximum Gasteiger partial charge on any atom is 0.311 e. The van der Waals surface area contributed by atoms with Crippen LogP contribution in [0.25, 0.3) is 6.08 Å². The number of ether oxygens (including phenoxy) is 3. The number of hydrogen-bond donors (Lipinski definition) is 2. The molecule has 332 valence electrons. The van der Waals surface area contributed by atoms with Gasteiger partial charge in [0.2, 0.25) is 0 Å². The number of phenols is 1. The molecule has 0 saturated carbocycles.